The van der Waals surface area contributed by atoms with Crippen LogP contribution >= 0.6 is 11.1 Å². The minimum atomic E-state index is -8.80. The van der Waals surface area contributed by atoms with E-state index in [-0.39, 0.29) is 13.1 Å². The number of hydrogen-bond acceptors (Lipinski definition) is 0. The van der Waals surface area contributed by atoms with Gasteiger partial charge in [0.15, 0.2) is 0 Å². The minimum absolute atomic E-state index is 0.240. The van der Waals surface area contributed by atoms with Crippen LogP contribution in [0.4, 0.5) is 83.4 Å². The van der Waals surface area contributed by atoms with Crippen molar-refractivity contribution in [2.24, 2.45) is 0 Å². The molecule has 0 bridgehead atoms. The monoisotopic (exact) mass is 576 g/mol. The first kappa shape index (κ1) is 32.2. The van der Waals surface area contributed by atoms with E-state index in [0.717, 1.165) is 0 Å². The van der Waals surface area contributed by atoms with Crippen molar-refractivity contribution in [2.75, 3.05) is 0 Å². The molecule has 0 unspecified atom stereocenters. The van der Waals surface area contributed by atoms with E-state index in [0.29, 0.717) is 0 Å². The van der Waals surface area contributed by atoms with Crippen LogP contribution in [0.5, 0.6) is 0 Å². The third kappa shape index (κ3) is 4.46. The zero-order valence-electron chi connectivity index (χ0n) is 15.3. The largest absolute Gasteiger partial charge is 0.460 e. The van der Waals surface area contributed by atoms with Crippen LogP contribution in [0.2, 0.25) is 13.1 Å². The Labute approximate surface area is 175 Å². The van der Waals surface area contributed by atoms with Crippen LogP contribution in [0.25, 0.3) is 0 Å². The first-order chi connectivity index (χ1) is 13.7. The van der Waals surface area contributed by atoms with E-state index in [1.165, 1.54) is 0 Å². The van der Waals surface area contributed by atoms with Gasteiger partial charge in [0.05, 0.1) is 6.42 Å². The van der Waals surface area contributed by atoms with Gasteiger partial charge in [-0.3, -0.25) is 0 Å². The lowest BCUT2D eigenvalue weighted by molar-refractivity contribution is -0.462. The van der Waals surface area contributed by atoms with Crippen LogP contribution in [0, 0.1) is 0 Å². The van der Waals surface area contributed by atoms with Gasteiger partial charge >= 0.3 is 47.6 Å². The number of hydrogen-bond donors (Lipinski definition) is 0. The fourth-order valence-corrected chi connectivity index (χ4v) is 2.64. The topological polar surface area (TPSA) is 0 Å². The summed E-state index contributed by atoms with van der Waals surface area (Å²) in [5, 5.41) is 0. The van der Waals surface area contributed by atoms with E-state index in [4.69, 9.17) is 11.1 Å². The Morgan fingerprint density at radius 1 is 0.455 bits per heavy atom. The van der Waals surface area contributed by atoms with Crippen molar-refractivity contribution >= 4 is 18.5 Å². The molecule has 0 spiro atoms. The predicted octanol–water partition coefficient (Wildman–Crippen LogP) is 8.00. The normalized spacial score (nSPS) is 16.9. The van der Waals surface area contributed by atoms with E-state index in [1.54, 1.807) is 0 Å². The summed E-state index contributed by atoms with van der Waals surface area (Å²) >= 11 is 4.98. The fourth-order valence-electron chi connectivity index (χ4n) is 1.80. The van der Waals surface area contributed by atoms with Gasteiger partial charge in [-0.05, 0) is 0 Å². The van der Waals surface area contributed by atoms with Crippen molar-refractivity contribution in [1.82, 2.24) is 0 Å². The SMILES string of the molecule is C[Si](C)(Cl)C(F)(F)CC(F)(F)C(F)(F)C(F)(F)C(F)(F)C(F)(F)C(F)(F)C(F)(F)C(F)(F)F. The molecular formula is C12H8ClF19Si. The van der Waals surface area contributed by atoms with Crippen LogP contribution in [-0.2, 0) is 0 Å². The molecule has 0 amide bonds. The molecule has 0 atom stereocenters. The summed E-state index contributed by atoms with van der Waals surface area (Å²) in [7, 11) is -4.89. The van der Waals surface area contributed by atoms with Gasteiger partial charge in [0, 0.05) is 0 Å². The van der Waals surface area contributed by atoms with Crippen molar-refractivity contribution in [3.8, 4) is 0 Å². The van der Waals surface area contributed by atoms with Gasteiger partial charge in [0.1, 0.15) is 0 Å². The van der Waals surface area contributed by atoms with Crippen molar-refractivity contribution < 1.29 is 83.4 Å². The van der Waals surface area contributed by atoms with Crippen molar-refractivity contribution in [2.45, 2.75) is 72.7 Å². The van der Waals surface area contributed by atoms with Crippen molar-refractivity contribution in [1.29, 1.82) is 0 Å². The van der Waals surface area contributed by atoms with Crippen LogP contribution in [0.15, 0.2) is 0 Å². The van der Waals surface area contributed by atoms with Crippen LogP contribution in [-0.4, -0.2) is 60.6 Å². The highest BCUT2D eigenvalue weighted by molar-refractivity contribution is 7.20. The Bertz CT molecular complexity index is 715. The third-order valence-corrected chi connectivity index (χ3v) is 6.85. The van der Waals surface area contributed by atoms with E-state index in [2.05, 4.69) is 0 Å². The molecule has 0 aliphatic heterocycles. The maximum atomic E-state index is 13.5. The highest BCUT2D eigenvalue weighted by Crippen LogP contribution is 2.64. The molecule has 0 heterocycles. The fraction of sp³-hybridized carbons (Fsp3) is 1.00. The molecule has 0 aliphatic rings. The Hall–Kier alpha value is -0.823. The number of rotatable bonds is 9. The molecule has 0 N–H and O–H groups in total. The summed E-state index contributed by atoms with van der Waals surface area (Å²) in [4.78, 5) is 0. The molecular weight excluding hydrogens is 569 g/mol. The summed E-state index contributed by atoms with van der Waals surface area (Å²) in [5.41, 5.74) is -5.25. The van der Waals surface area contributed by atoms with E-state index < -0.39 is 67.0 Å². The second-order valence-corrected chi connectivity index (χ2v) is 13.5. The quantitative estimate of drug-likeness (QED) is 0.148. The molecule has 0 aliphatic carbocycles. The minimum Gasteiger partial charge on any atom is -0.210 e. The Morgan fingerprint density at radius 2 is 0.697 bits per heavy atom. The van der Waals surface area contributed by atoms with Gasteiger partial charge in [-0.1, -0.05) is 13.1 Å². The lowest BCUT2D eigenvalue weighted by Gasteiger charge is -2.43. The number of alkyl halides is 19. The average Bonchev–Trinajstić information content (AvgIpc) is 2.50. The van der Waals surface area contributed by atoms with E-state index >= 15 is 0 Å². The predicted molar refractivity (Wildman–Crippen MR) is 73.6 cm³/mol. The molecule has 0 radical (unpaired) electrons. The van der Waals surface area contributed by atoms with Crippen molar-refractivity contribution in [3.05, 3.63) is 0 Å². The molecule has 200 valence electrons. The third-order valence-electron chi connectivity index (χ3n) is 4.10. The molecule has 21 heteroatoms. The molecule has 0 saturated carbocycles. The molecule has 0 fully saturated rings. The van der Waals surface area contributed by atoms with Crippen LogP contribution < -0.4 is 0 Å². The highest BCUT2D eigenvalue weighted by atomic mass is 35.6. The van der Waals surface area contributed by atoms with E-state index in [9.17, 15) is 83.4 Å². The Morgan fingerprint density at radius 3 is 0.939 bits per heavy atom. The van der Waals surface area contributed by atoms with Gasteiger partial charge in [-0.2, -0.15) is 85.7 Å². The smallest absolute Gasteiger partial charge is 0.210 e. The molecule has 0 saturated heterocycles. The molecule has 0 rings (SSSR count). The maximum Gasteiger partial charge on any atom is 0.460 e. The summed E-state index contributed by atoms with van der Waals surface area (Å²) < 4.78 is 248. The number of halogens is 20. The average molecular weight is 577 g/mol. The first-order valence-corrected chi connectivity index (χ1v) is 11.5. The summed E-state index contributed by atoms with van der Waals surface area (Å²) in [6, 6.07) is 0. The van der Waals surface area contributed by atoms with Crippen LogP contribution in [0.1, 0.15) is 6.42 Å². The maximum absolute atomic E-state index is 13.5. The molecule has 0 nitrogen and oxygen atoms in total. The molecule has 0 aromatic carbocycles. The summed E-state index contributed by atoms with van der Waals surface area (Å²) in [6.45, 7) is 0.479. The second-order valence-electron chi connectivity index (χ2n) is 7.00. The van der Waals surface area contributed by atoms with Crippen LogP contribution in [0.3, 0.4) is 0 Å². The van der Waals surface area contributed by atoms with E-state index in [1.807, 2.05) is 0 Å². The Balaban J connectivity index is 6.77. The highest BCUT2D eigenvalue weighted by Gasteiger charge is 2.95. The Kier molecular flexibility index (Phi) is 7.64. The summed E-state index contributed by atoms with van der Waals surface area (Å²) in [5.74, 6) is -58.4. The first-order valence-electron chi connectivity index (χ1n) is 7.49. The molecule has 0 aromatic rings. The molecule has 0 aromatic heterocycles. The lowest BCUT2D eigenvalue weighted by atomic mass is 9.88. The van der Waals surface area contributed by atoms with Gasteiger partial charge in [-0.25, -0.2) is 8.78 Å². The second kappa shape index (κ2) is 7.84. The summed E-state index contributed by atoms with van der Waals surface area (Å²) in [6.07, 6.45) is -11.7. The zero-order chi connectivity index (χ0) is 27.7. The van der Waals surface area contributed by atoms with Gasteiger partial charge in [0.25, 0.3) is 5.55 Å². The van der Waals surface area contributed by atoms with Crippen molar-refractivity contribution in [3.63, 3.8) is 0 Å². The molecule has 33 heavy (non-hydrogen) atoms. The van der Waals surface area contributed by atoms with Gasteiger partial charge in [0.2, 0.25) is 7.38 Å². The van der Waals surface area contributed by atoms with Gasteiger partial charge < -0.3 is 0 Å². The lowest BCUT2D eigenvalue weighted by Crippen LogP contribution is -2.74. The standard InChI is InChI=1S/C12H8ClF19Si/c1-33(2,13)5(16,17)3-4(14,15)6(18,19)7(20,21)8(22,23)9(24,25)10(26,27)11(28,29)12(30,31)32/h3H2,1-2H3. The van der Waals surface area contributed by atoms with Gasteiger partial charge in [-0.15, -0.1) is 0 Å². The zero-order valence-corrected chi connectivity index (χ0v) is 17.0.